The van der Waals surface area contributed by atoms with Crippen molar-refractivity contribution in [2.24, 2.45) is 0 Å². The van der Waals surface area contributed by atoms with Crippen molar-refractivity contribution in [3.63, 3.8) is 0 Å². The molecule has 0 aliphatic heterocycles. The highest BCUT2D eigenvalue weighted by Gasteiger charge is 2.13. The minimum atomic E-state index is -0.374. The first-order chi connectivity index (χ1) is 13.6. The zero-order chi connectivity index (χ0) is 19.9. The summed E-state index contributed by atoms with van der Waals surface area (Å²) in [5.41, 5.74) is 2.78. The molecule has 0 saturated heterocycles. The summed E-state index contributed by atoms with van der Waals surface area (Å²) >= 11 is 0. The van der Waals surface area contributed by atoms with Crippen LogP contribution in [0.5, 0.6) is 11.5 Å². The molecule has 7 heteroatoms. The Bertz CT molecular complexity index is 975. The third kappa shape index (κ3) is 4.37. The van der Waals surface area contributed by atoms with E-state index in [0.717, 1.165) is 17.7 Å². The number of carbonyl (C=O) groups is 1. The number of methoxy groups -OCH3 is 2. The van der Waals surface area contributed by atoms with Crippen LogP contribution in [-0.2, 0) is 6.42 Å². The molecule has 0 fully saturated rings. The third-order valence-electron chi connectivity index (χ3n) is 4.19. The molecule has 0 aliphatic rings. The fourth-order valence-electron chi connectivity index (χ4n) is 2.71. The van der Waals surface area contributed by atoms with Gasteiger partial charge in [0.15, 0.2) is 0 Å². The number of rotatable bonds is 7. The Kier molecular flexibility index (Phi) is 6.06. The lowest BCUT2D eigenvalue weighted by Crippen LogP contribution is -2.15. The number of hydrogen-bond acceptors (Lipinski definition) is 6. The number of nitrogens with one attached hydrogen (secondary N) is 2. The second-order valence-electron chi connectivity index (χ2n) is 5.92. The van der Waals surface area contributed by atoms with E-state index in [9.17, 15) is 4.79 Å². The number of benzene rings is 2. The number of ether oxygens (including phenoxy) is 2. The summed E-state index contributed by atoms with van der Waals surface area (Å²) in [6, 6.07) is 14.6. The molecule has 2 aromatic carbocycles. The standard InChI is InChI=1S/C21H22N4O3/c1-4-14-7-5-6-8-16(14)24-21-22-12-11-17(25-21)20(26)23-18-13-15(27-2)9-10-19(18)28-3/h5-13H,4H2,1-3H3,(H,23,26)(H,22,24,25). The largest absolute Gasteiger partial charge is 0.497 e. The summed E-state index contributed by atoms with van der Waals surface area (Å²) < 4.78 is 10.5. The van der Waals surface area contributed by atoms with Gasteiger partial charge in [0, 0.05) is 18.0 Å². The van der Waals surface area contributed by atoms with E-state index in [1.165, 1.54) is 7.11 Å². The molecule has 0 bridgehead atoms. The molecule has 1 amide bonds. The van der Waals surface area contributed by atoms with Crippen molar-refractivity contribution in [3.8, 4) is 11.5 Å². The van der Waals surface area contributed by atoms with Gasteiger partial charge in [-0.25, -0.2) is 9.97 Å². The van der Waals surface area contributed by atoms with Crippen LogP contribution in [-0.4, -0.2) is 30.1 Å². The van der Waals surface area contributed by atoms with Crippen LogP contribution in [0.4, 0.5) is 17.3 Å². The predicted molar refractivity (Wildman–Crippen MR) is 109 cm³/mol. The number of nitrogens with zero attached hydrogens (tertiary/aromatic N) is 2. The third-order valence-corrected chi connectivity index (χ3v) is 4.19. The number of aromatic nitrogens is 2. The van der Waals surface area contributed by atoms with E-state index < -0.39 is 0 Å². The van der Waals surface area contributed by atoms with Gasteiger partial charge in [-0.3, -0.25) is 4.79 Å². The number of hydrogen-bond donors (Lipinski definition) is 2. The fourth-order valence-corrected chi connectivity index (χ4v) is 2.71. The van der Waals surface area contributed by atoms with E-state index in [1.54, 1.807) is 37.6 Å². The van der Waals surface area contributed by atoms with Crippen LogP contribution < -0.4 is 20.1 Å². The lowest BCUT2D eigenvalue weighted by Gasteiger charge is -2.12. The molecule has 0 atom stereocenters. The predicted octanol–water partition coefficient (Wildman–Crippen LogP) is 4.05. The fraction of sp³-hybridized carbons (Fsp3) is 0.190. The first-order valence-corrected chi connectivity index (χ1v) is 8.86. The molecule has 3 rings (SSSR count). The Morgan fingerprint density at radius 2 is 1.86 bits per heavy atom. The Morgan fingerprint density at radius 3 is 2.61 bits per heavy atom. The second kappa shape index (κ2) is 8.85. The molecule has 0 radical (unpaired) electrons. The van der Waals surface area contributed by atoms with Gasteiger partial charge in [-0.2, -0.15) is 0 Å². The normalized spacial score (nSPS) is 10.2. The highest BCUT2D eigenvalue weighted by atomic mass is 16.5. The van der Waals surface area contributed by atoms with Crippen LogP contribution in [0.25, 0.3) is 0 Å². The quantitative estimate of drug-likeness (QED) is 0.645. The van der Waals surface area contributed by atoms with Gasteiger partial charge in [0.25, 0.3) is 5.91 Å². The van der Waals surface area contributed by atoms with Crippen molar-refractivity contribution in [3.05, 3.63) is 66.0 Å². The van der Waals surface area contributed by atoms with E-state index in [4.69, 9.17) is 9.47 Å². The Morgan fingerprint density at radius 1 is 1.04 bits per heavy atom. The van der Waals surface area contributed by atoms with Crippen LogP contribution in [0.2, 0.25) is 0 Å². The monoisotopic (exact) mass is 378 g/mol. The molecular formula is C21H22N4O3. The zero-order valence-electron chi connectivity index (χ0n) is 16.0. The number of aryl methyl sites for hydroxylation is 1. The smallest absolute Gasteiger partial charge is 0.274 e. The van der Waals surface area contributed by atoms with Gasteiger partial charge in [0.2, 0.25) is 5.95 Å². The van der Waals surface area contributed by atoms with Crippen LogP contribution in [0, 0.1) is 0 Å². The molecule has 2 N–H and O–H groups in total. The van der Waals surface area contributed by atoms with E-state index in [0.29, 0.717) is 23.1 Å². The molecule has 7 nitrogen and oxygen atoms in total. The average Bonchev–Trinajstić information content (AvgIpc) is 2.74. The Balaban J connectivity index is 1.81. The molecule has 0 spiro atoms. The summed E-state index contributed by atoms with van der Waals surface area (Å²) in [5.74, 6) is 1.11. The average molecular weight is 378 g/mol. The van der Waals surface area contributed by atoms with Crippen molar-refractivity contribution in [1.82, 2.24) is 9.97 Å². The number of para-hydroxylation sites is 1. The number of amides is 1. The summed E-state index contributed by atoms with van der Waals surface area (Å²) in [5, 5.41) is 5.98. The lowest BCUT2D eigenvalue weighted by molar-refractivity contribution is 0.102. The molecule has 1 heterocycles. The SMILES string of the molecule is CCc1ccccc1Nc1nccc(C(=O)Nc2cc(OC)ccc2OC)n1. The molecule has 144 valence electrons. The minimum absolute atomic E-state index is 0.233. The summed E-state index contributed by atoms with van der Waals surface area (Å²) in [4.78, 5) is 21.2. The van der Waals surface area contributed by atoms with Gasteiger partial charge in [-0.1, -0.05) is 25.1 Å². The Hall–Kier alpha value is -3.61. The van der Waals surface area contributed by atoms with Gasteiger partial charge in [-0.15, -0.1) is 0 Å². The molecule has 3 aromatic rings. The Labute approximate surface area is 163 Å². The van der Waals surface area contributed by atoms with Crippen molar-refractivity contribution in [2.75, 3.05) is 24.9 Å². The van der Waals surface area contributed by atoms with E-state index in [1.807, 2.05) is 24.3 Å². The van der Waals surface area contributed by atoms with Gasteiger partial charge in [0.1, 0.15) is 17.2 Å². The maximum absolute atomic E-state index is 12.7. The van der Waals surface area contributed by atoms with Gasteiger partial charge >= 0.3 is 0 Å². The van der Waals surface area contributed by atoms with E-state index in [-0.39, 0.29) is 11.6 Å². The highest BCUT2D eigenvalue weighted by Crippen LogP contribution is 2.29. The molecular weight excluding hydrogens is 356 g/mol. The van der Waals surface area contributed by atoms with Gasteiger partial charge in [0.05, 0.1) is 19.9 Å². The maximum atomic E-state index is 12.7. The van der Waals surface area contributed by atoms with Crippen LogP contribution in [0.1, 0.15) is 23.0 Å². The first kappa shape index (κ1) is 19.2. The van der Waals surface area contributed by atoms with Gasteiger partial charge < -0.3 is 20.1 Å². The van der Waals surface area contributed by atoms with Crippen molar-refractivity contribution < 1.29 is 14.3 Å². The van der Waals surface area contributed by atoms with Gasteiger partial charge in [-0.05, 0) is 36.2 Å². The molecule has 0 aliphatic carbocycles. The summed E-state index contributed by atoms with van der Waals surface area (Å²) in [7, 11) is 3.10. The molecule has 1 aromatic heterocycles. The maximum Gasteiger partial charge on any atom is 0.274 e. The van der Waals surface area contributed by atoms with Crippen LogP contribution in [0.15, 0.2) is 54.7 Å². The van der Waals surface area contributed by atoms with Crippen molar-refractivity contribution in [1.29, 1.82) is 0 Å². The molecule has 28 heavy (non-hydrogen) atoms. The summed E-state index contributed by atoms with van der Waals surface area (Å²) in [6.07, 6.45) is 2.42. The van der Waals surface area contributed by atoms with Crippen LogP contribution >= 0.6 is 0 Å². The van der Waals surface area contributed by atoms with E-state index >= 15 is 0 Å². The van der Waals surface area contributed by atoms with Crippen molar-refractivity contribution >= 4 is 23.2 Å². The topological polar surface area (TPSA) is 85.4 Å². The molecule has 0 unspecified atom stereocenters. The minimum Gasteiger partial charge on any atom is -0.497 e. The van der Waals surface area contributed by atoms with E-state index in [2.05, 4.69) is 27.5 Å². The number of carbonyl (C=O) groups excluding carboxylic acids is 1. The lowest BCUT2D eigenvalue weighted by atomic mass is 10.1. The highest BCUT2D eigenvalue weighted by molar-refractivity contribution is 6.04. The zero-order valence-corrected chi connectivity index (χ0v) is 16.0. The van der Waals surface area contributed by atoms with Crippen molar-refractivity contribution in [2.45, 2.75) is 13.3 Å². The number of anilines is 3. The molecule has 0 saturated carbocycles. The first-order valence-electron chi connectivity index (χ1n) is 8.86. The second-order valence-corrected chi connectivity index (χ2v) is 5.92. The van der Waals surface area contributed by atoms with Crippen LogP contribution in [0.3, 0.4) is 0 Å². The summed E-state index contributed by atoms with van der Waals surface area (Å²) in [6.45, 7) is 2.08.